The van der Waals surface area contributed by atoms with Gasteiger partial charge in [0.1, 0.15) is 13.2 Å². The molecule has 0 amide bonds. The lowest BCUT2D eigenvalue weighted by Crippen LogP contribution is -2.32. The Labute approximate surface area is 166 Å². The van der Waals surface area contributed by atoms with Crippen molar-refractivity contribution in [3.05, 3.63) is 53.1 Å². The normalized spacial score (nSPS) is 19.7. The molecule has 2 aliphatic carbocycles. The van der Waals surface area contributed by atoms with Crippen molar-refractivity contribution in [3.63, 3.8) is 0 Å². The standard InChI is InChI=1S/C22H25NO4S/c24-28(25,19-7-5-16-3-1-2-4-17(16)13-19)23-15-22(9-10-22)18-6-8-20-21(14-18)27-12-11-26-20/h5-8,13-14,23H,1-4,9-12,15H2. The number of nitrogens with one attached hydrogen (secondary N) is 1. The van der Waals surface area contributed by atoms with Gasteiger partial charge in [0, 0.05) is 12.0 Å². The highest BCUT2D eigenvalue weighted by atomic mass is 32.2. The van der Waals surface area contributed by atoms with Gasteiger partial charge in [0.05, 0.1) is 4.90 Å². The minimum Gasteiger partial charge on any atom is -0.486 e. The molecule has 1 saturated carbocycles. The first-order valence-electron chi connectivity index (χ1n) is 10.1. The molecule has 0 spiro atoms. The Hall–Kier alpha value is -2.05. The van der Waals surface area contributed by atoms with Crippen molar-refractivity contribution in [1.82, 2.24) is 4.72 Å². The van der Waals surface area contributed by atoms with Crippen molar-refractivity contribution in [2.75, 3.05) is 19.8 Å². The van der Waals surface area contributed by atoms with Crippen molar-refractivity contribution in [2.24, 2.45) is 0 Å². The van der Waals surface area contributed by atoms with Crippen molar-refractivity contribution in [1.29, 1.82) is 0 Å². The van der Waals surface area contributed by atoms with E-state index in [1.165, 1.54) is 17.5 Å². The lowest BCUT2D eigenvalue weighted by atomic mass is 9.92. The summed E-state index contributed by atoms with van der Waals surface area (Å²) >= 11 is 0. The number of rotatable bonds is 5. The molecule has 1 aliphatic heterocycles. The zero-order chi connectivity index (χ0) is 19.2. The van der Waals surface area contributed by atoms with Gasteiger partial charge in [-0.25, -0.2) is 13.1 Å². The summed E-state index contributed by atoms with van der Waals surface area (Å²) in [7, 11) is -3.52. The number of benzene rings is 2. The van der Waals surface area contributed by atoms with E-state index in [9.17, 15) is 8.42 Å². The zero-order valence-corrected chi connectivity index (χ0v) is 16.7. The molecule has 1 fully saturated rings. The molecule has 0 radical (unpaired) electrons. The lowest BCUT2D eigenvalue weighted by molar-refractivity contribution is 0.171. The molecule has 1 N–H and O–H groups in total. The Morgan fingerprint density at radius 1 is 0.893 bits per heavy atom. The van der Waals surface area contributed by atoms with E-state index in [-0.39, 0.29) is 5.41 Å². The summed E-state index contributed by atoms with van der Waals surface area (Å²) in [6, 6.07) is 11.6. The zero-order valence-electron chi connectivity index (χ0n) is 15.9. The van der Waals surface area contributed by atoms with Gasteiger partial charge >= 0.3 is 0 Å². The highest BCUT2D eigenvalue weighted by Crippen LogP contribution is 2.49. The van der Waals surface area contributed by atoms with Crippen molar-refractivity contribution < 1.29 is 17.9 Å². The van der Waals surface area contributed by atoms with Crippen LogP contribution in [0, 0.1) is 0 Å². The number of ether oxygens (including phenoxy) is 2. The number of fused-ring (bicyclic) bond motifs is 2. The summed E-state index contributed by atoms with van der Waals surface area (Å²) in [5.41, 5.74) is 3.45. The number of hydrogen-bond acceptors (Lipinski definition) is 4. The van der Waals surface area contributed by atoms with Crippen LogP contribution < -0.4 is 14.2 Å². The van der Waals surface area contributed by atoms with Gasteiger partial charge in [-0.2, -0.15) is 0 Å². The van der Waals surface area contributed by atoms with Crippen LogP contribution in [0.4, 0.5) is 0 Å². The van der Waals surface area contributed by atoms with E-state index in [0.29, 0.717) is 24.7 Å². The maximum atomic E-state index is 12.9. The minimum atomic E-state index is -3.52. The van der Waals surface area contributed by atoms with Gasteiger partial charge in [-0.3, -0.25) is 0 Å². The fraction of sp³-hybridized carbons (Fsp3) is 0.455. The molecule has 5 nitrogen and oxygen atoms in total. The van der Waals surface area contributed by atoms with Crippen LogP contribution in [0.25, 0.3) is 0 Å². The van der Waals surface area contributed by atoms with Crippen LogP contribution in [0.2, 0.25) is 0 Å². The quantitative estimate of drug-likeness (QED) is 0.838. The lowest BCUT2D eigenvalue weighted by Gasteiger charge is -2.22. The average molecular weight is 400 g/mol. The van der Waals surface area contributed by atoms with Gasteiger partial charge in [0.25, 0.3) is 0 Å². The van der Waals surface area contributed by atoms with E-state index >= 15 is 0 Å². The SMILES string of the molecule is O=S(=O)(NCC1(c2ccc3c(c2)OCCO3)CC1)c1ccc2c(c1)CCCC2. The van der Waals surface area contributed by atoms with E-state index in [1.807, 2.05) is 30.3 Å². The molecule has 2 aromatic carbocycles. The molecule has 0 saturated heterocycles. The molecule has 0 aromatic heterocycles. The van der Waals surface area contributed by atoms with E-state index in [1.54, 1.807) is 6.07 Å². The molecule has 1 heterocycles. The van der Waals surface area contributed by atoms with Crippen molar-refractivity contribution in [2.45, 2.75) is 48.8 Å². The van der Waals surface area contributed by atoms with Crippen LogP contribution in [-0.4, -0.2) is 28.2 Å². The van der Waals surface area contributed by atoms with Crippen molar-refractivity contribution in [3.8, 4) is 11.5 Å². The summed E-state index contributed by atoms with van der Waals surface area (Å²) in [6.07, 6.45) is 6.29. The van der Waals surface area contributed by atoms with Crippen LogP contribution in [0.1, 0.15) is 42.4 Å². The monoisotopic (exact) mass is 399 g/mol. The molecular formula is C22H25NO4S. The van der Waals surface area contributed by atoms with E-state index < -0.39 is 10.0 Å². The topological polar surface area (TPSA) is 64.6 Å². The van der Waals surface area contributed by atoms with Gasteiger partial charge < -0.3 is 9.47 Å². The third-order valence-corrected chi connectivity index (χ3v) is 7.64. The molecule has 6 heteroatoms. The van der Waals surface area contributed by atoms with E-state index in [2.05, 4.69) is 4.72 Å². The highest BCUT2D eigenvalue weighted by molar-refractivity contribution is 7.89. The molecule has 5 rings (SSSR count). The molecule has 0 unspecified atom stereocenters. The summed E-state index contributed by atoms with van der Waals surface area (Å²) in [6.45, 7) is 1.53. The molecule has 3 aliphatic rings. The summed E-state index contributed by atoms with van der Waals surface area (Å²) in [4.78, 5) is 0.381. The molecule has 148 valence electrons. The van der Waals surface area contributed by atoms with Crippen LogP contribution >= 0.6 is 0 Å². The first-order chi connectivity index (χ1) is 13.6. The molecule has 28 heavy (non-hydrogen) atoms. The van der Waals surface area contributed by atoms with E-state index in [0.717, 1.165) is 49.2 Å². The van der Waals surface area contributed by atoms with Gasteiger partial charge in [0.15, 0.2) is 11.5 Å². The Bertz CT molecular complexity index is 1010. The summed E-state index contributed by atoms with van der Waals surface area (Å²) in [5, 5.41) is 0. The number of aryl methyl sites for hydroxylation is 2. The Kier molecular flexibility index (Phi) is 4.36. The predicted octanol–water partition coefficient (Wildman–Crippen LogP) is 3.35. The second-order valence-corrected chi connectivity index (χ2v) is 9.87. The number of hydrogen-bond donors (Lipinski definition) is 1. The minimum absolute atomic E-state index is 0.142. The third kappa shape index (κ3) is 3.29. The van der Waals surface area contributed by atoms with Gasteiger partial charge in [-0.1, -0.05) is 12.1 Å². The first-order valence-corrected chi connectivity index (χ1v) is 11.6. The average Bonchev–Trinajstić information content (AvgIpc) is 3.53. The van der Waals surface area contributed by atoms with Crippen LogP contribution in [0.15, 0.2) is 41.3 Å². The van der Waals surface area contributed by atoms with Crippen LogP contribution in [-0.2, 0) is 28.3 Å². The Balaban J connectivity index is 1.34. The molecular weight excluding hydrogens is 374 g/mol. The second kappa shape index (κ2) is 6.78. The van der Waals surface area contributed by atoms with Crippen LogP contribution in [0.3, 0.4) is 0 Å². The summed E-state index contributed by atoms with van der Waals surface area (Å²) < 4.78 is 39.9. The van der Waals surface area contributed by atoms with E-state index in [4.69, 9.17) is 9.47 Å². The summed E-state index contributed by atoms with van der Waals surface area (Å²) in [5.74, 6) is 1.52. The van der Waals surface area contributed by atoms with Gasteiger partial charge in [-0.05, 0) is 79.5 Å². The Morgan fingerprint density at radius 3 is 2.43 bits per heavy atom. The fourth-order valence-corrected chi connectivity index (χ4v) is 5.46. The maximum absolute atomic E-state index is 12.9. The fourth-order valence-electron chi connectivity index (χ4n) is 4.29. The highest BCUT2D eigenvalue weighted by Gasteiger charge is 2.45. The molecule has 0 atom stereocenters. The van der Waals surface area contributed by atoms with Crippen LogP contribution in [0.5, 0.6) is 11.5 Å². The maximum Gasteiger partial charge on any atom is 0.240 e. The Morgan fingerprint density at radius 2 is 1.64 bits per heavy atom. The smallest absolute Gasteiger partial charge is 0.240 e. The largest absolute Gasteiger partial charge is 0.486 e. The predicted molar refractivity (Wildman–Crippen MR) is 107 cm³/mol. The third-order valence-electron chi connectivity index (χ3n) is 6.24. The molecule has 0 bridgehead atoms. The second-order valence-electron chi connectivity index (χ2n) is 8.10. The van der Waals surface area contributed by atoms with Gasteiger partial charge in [-0.15, -0.1) is 0 Å². The number of sulfonamides is 1. The van der Waals surface area contributed by atoms with Crippen molar-refractivity contribution >= 4 is 10.0 Å². The first kappa shape index (κ1) is 18.0. The molecule has 2 aromatic rings. The van der Waals surface area contributed by atoms with Gasteiger partial charge in [0.2, 0.25) is 10.0 Å².